The quantitative estimate of drug-likeness (QED) is 0.315. The molecule has 3 aromatic rings. The minimum atomic E-state index is -0.960. The Balaban J connectivity index is 1.71. The molecular formula is C31H35F2NO5. The second-order valence-corrected chi connectivity index (χ2v) is 11.4. The second kappa shape index (κ2) is 10.9. The number of ether oxygens (including phenoxy) is 3. The molecule has 4 rings (SSSR count). The molecule has 1 aliphatic rings. The van der Waals surface area contributed by atoms with Crippen LogP contribution in [0.1, 0.15) is 68.9 Å². The lowest BCUT2D eigenvalue weighted by Crippen LogP contribution is -2.24. The van der Waals surface area contributed by atoms with E-state index in [9.17, 15) is 14.3 Å². The van der Waals surface area contributed by atoms with E-state index < -0.39 is 23.0 Å². The van der Waals surface area contributed by atoms with Crippen LogP contribution in [0.2, 0.25) is 0 Å². The number of carboxylic acids is 1. The van der Waals surface area contributed by atoms with E-state index in [1.165, 1.54) is 7.11 Å². The Morgan fingerprint density at radius 2 is 1.87 bits per heavy atom. The van der Waals surface area contributed by atoms with Gasteiger partial charge in [-0.2, -0.15) is 0 Å². The normalized spacial score (nSPS) is 17.5. The third-order valence-electron chi connectivity index (χ3n) is 7.43. The van der Waals surface area contributed by atoms with E-state index in [1.54, 1.807) is 38.3 Å². The molecule has 0 saturated carbocycles. The fourth-order valence-corrected chi connectivity index (χ4v) is 5.63. The van der Waals surface area contributed by atoms with Gasteiger partial charge in [-0.05, 0) is 52.6 Å². The zero-order chi connectivity index (χ0) is 28.5. The first-order valence-corrected chi connectivity index (χ1v) is 12.9. The maximum atomic E-state index is 15.6. The van der Waals surface area contributed by atoms with E-state index >= 15 is 4.39 Å². The van der Waals surface area contributed by atoms with Gasteiger partial charge in [0.1, 0.15) is 12.4 Å². The first-order chi connectivity index (χ1) is 18.4. The van der Waals surface area contributed by atoms with Crippen LogP contribution in [0, 0.1) is 17.0 Å². The van der Waals surface area contributed by atoms with E-state index in [-0.39, 0.29) is 36.2 Å². The lowest BCUT2D eigenvalue weighted by Gasteiger charge is -2.32. The molecule has 39 heavy (non-hydrogen) atoms. The molecule has 0 saturated heterocycles. The summed E-state index contributed by atoms with van der Waals surface area (Å²) in [6.07, 6.45) is 1.79. The summed E-state index contributed by atoms with van der Waals surface area (Å²) in [5, 5.41) is 9.38. The minimum absolute atomic E-state index is 0.0569. The van der Waals surface area contributed by atoms with Crippen molar-refractivity contribution in [2.24, 2.45) is 5.41 Å². The van der Waals surface area contributed by atoms with Crippen molar-refractivity contribution >= 4 is 5.97 Å². The van der Waals surface area contributed by atoms with E-state index in [2.05, 4.69) is 4.98 Å². The lowest BCUT2D eigenvalue weighted by atomic mass is 9.80. The Bertz CT molecular complexity index is 1380. The summed E-state index contributed by atoms with van der Waals surface area (Å²) < 4.78 is 47.6. The van der Waals surface area contributed by atoms with Crippen molar-refractivity contribution in [1.82, 2.24) is 4.98 Å². The third kappa shape index (κ3) is 5.76. The van der Waals surface area contributed by atoms with E-state index in [0.29, 0.717) is 29.5 Å². The van der Waals surface area contributed by atoms with Crippen LogP contribution in [-0.2, 0) is 28.0 Å². The van der Waals surface area contributed by atoms with Gasteiger partial charge in [-0.15, -0.1) is 0 Å². The Morgan fingerprint density at radius 3 is 2.51 bits per heavy atom. The molecule has 0 fully saturated rings. The van der Waals surface area contributed by atoms with Crippen molar-refractivity contribution in [2.45, 2.75) is 65.1 Å². The predicted molar refractivity (Wildman–Crippen MR) is 144 cm³/mol. The number of rotatable bonds is 9. The number of halogens is 2. The molecule has 0 bridgehead atoms. The van der Waals surface area contributed by atoms with E-state index in [1.807, 2.05) is 32.9 Å². The second-order valence-electron chi connectivity index (χ2n) is 11.4. The lowest BCUT2D eigenvalue weighted by molar-refractivity contribution is -0.138. The van der Waals surface area contributed by atoms with Gasteiger partial charge in [-0.1, -0.05) is 45.9 Å². The predicted octanol–water partition coefficient (Wildman–Crippen LogP) is 7.03. The van der Waals surface area contributed by atoms with Crippen LogP contribution >= 0.6 is 0 Å². The maximum Gasteiger partial charge on any atom is 0.304 e. The Labute approximate surface area is 227 Å². The van der Waals surface area contributed by atoms with Crippen LogP contribution in [-0.4, -0.2) is 30.3 Å². The van der Waals surface area contributed by atoms with Gasteiger partial charge in [-0.25, -0.2) is 13.8 Å². The monoisotopic (exact) mass is 539 g/mol. The summed E-state index contributed by atoms with van der Waals surface area (Å²) >= 11 is 0. The maximum absolute atomic E-state index is 15.6. The van der Waals surface area contributed by atoms with Crippen LogP contribution < -0.4 is 9.47 Å². The molecule has 1 aliphatic carbocycles. The summed E-state index contributed by atoms with van der Waals surface area (Å²) in [6, 6.07) is 10.5. The molecule has 6 nitrogen and oxygen atoms in total. The van der Waals surface area contributed by atoms with Crippen LogP contribution in [0.4, 0.5) is 8.78 Å². The molecule has 2 aromatic carbocycles. The van der Waals surface area contributed by atoms with Gasteiger partial charge < -0.3 is 19.3 Å². The molecule has 1 aromatic heterocycles. The largest absolute Gasteiger partial charge is 0.486 e. The number of carboxylic acid groups (broad SMARTS) is 1. The number of benzene rings is 2. The van der Waals surface area contributed by atoms with Crippen molar-refractivity contribution < 1.29 is 32.9 Å². The molecule has 2 atom stereocenters. The fourth-order valence-electron chi connectivity index (χ4n) is 5.63. The number of aromatic nitrogens is 1. The van der Waals surface area contributed by atoms with Crippen molar-refractivity contribution in [3.8, 4) is 22.8 Å². The summed E-state index contributed by atoms with van der Waals surface area (Å²) in [7, 11) is 3.08. The van der Waals surface area contributed by atoms with E-state index in [0.717, 1.165) is 22.9 Å². The summed E-state index contributed by atoms with van der Waals surface area (Å²) in [5.74, 6) is -1.60. The fraction of sp³-hybridized carbons (Fsp3) is 0.419. The van der Waals surface area contributed by atoms with Gasteiger partial charge in [0, 0.05) is 29.7 Å². The smallest absolute Gasteiger partial charge is 0.304 e. The molecule has 0 aliphatic heterocycles. The number of aliphatic carboxylic acids is 1. The van der Waals surface area contributed by atoms with Crippen LogP contribution in [0.15, 0.2) is 42.6 Å². The Kier molecular flexibility index (Phi) is 7.98. The zero-order valence-corrected chi connectivity index (χ0v) is 23.2. The summed E-state index contributed by atoms with van der Waals surface area (Å²) in [4.78, 5) is 15.4. The molecule has 1 heterocycles. The molecule has 0 amide bonds. The number of fused-ring (bicyclic) bond motifs is 1. The van der Waals surface area contributed by atoms with Crippen LogP contribution in [0.5, 0.6) is 11.6 Å². The SMILES string of the molecule is COc1cc(-c2ccc(COc3ccc4c(c3F)[C@@](C)(CC(=O)O)CC4)cc2[C@@H](OC)C(C)(C)C)c(F)cn1. The average Bonchev–Trinajstić information content (AvgIpc) is 3.20. The van der Waals surface area contributed by atoms with Gasteiger partial charge in [-0.3, -0.25) is 4.79 Å². The van der Waals surface area contributed by atoms with Crippen molar-refractivity contribution in [2.75, 3.05) is 14.2 Å². The number of hydrogen-bond donors (Lipinski definition) is 1. The number of nitrogens with zero attached hydrogens (tertiary/aromatic N) is 1. The molecule has 208 valence electrons. The summed E-state index contributed by atoms with van der Waals surface area (Å²) in [6.45, 7) is 7.94. The Hall–Kier alpha value is -3.52. The van der Waals surface area contributed by atoms with Crippen molar-refractivity contribution in [1.29, 1.82) is 0 Å². The highest BCUT2D eigenvalue weighted by molar-refractivity contribution is 5.70. The van der Waals surface area contributed by atoms with Crippen LogP contribution in [0.3, 0.4) is 0 Å². The minimum Gasteiger partial charge on any atom is -0.486 e. The number of aryl methyl sites for hydroxylation is 1. The standard InChI is InChI=1S/C31H35F2NO5/c1-30(2,3)29(38-6)22-13-18(7-9-20(22)21-14-25(37-5)34-16-23(21)32)17-39-24-10-8-19-11-12-31(4,15-26(35)36)27(19)28(24)33/h7-10,13-14,16,29H,11-12,15,17H2,1-6H3,(H,35,36)/t29-,31-/m1/s1. The van der Waals surface area contributed by atoms with Crippen LogP contribution in [0.25, 0.3) is 11.1 Å². The molecule has 0 spiro atoms. The van der Waals surface area contributed by atoms with E-state index in [4.69, 9.17) is 14.2 Å². The summed E-state index contributed by atoms with van der Waals surface area (Å²) in [5.41, 5.74) is 2.59. The number of methoxy groups -OCH3 is 2. The van der Waals surface area contributed by atoms with Gasteiger partial charge in [0.15, 0.2) is 11.6 Å². The van der Waals surface area contributed by atoms with Crippen molar-refractivity contribution in [3.05, 3.63) is 76.5 Å². The number of hydrogen-bond acceptors (Lipinski definition) is 5. The topological polar surface area (TPSA) is 77.9 Å². The van der Waals surface area contributed by atoms with Gasteiger partial charge >= 0.3 is 5.97 Å². The molecule has 0 radical (unpaired) electrons. The third-order valence-corrected chi connectivity index (χ3v) is 7.43. The molecular weight excluding hydrogens is 504 g/mol. The highest BCUT2D eigenvalue weighted by atomic mass is 19.1. The van der Waals surface area contributed by atoms with Crippen molar-refractivity contribution in [3.63, 3.8) is 0 Å². The molecule has 8 heteroatoms. The van der Waals surface area contributed by atoms with Gasteiger partial charge in [0.25, 0.3) is 0 Å². The number of pyridine rings is 1. The average molecular weight is 540 g/mol. The Morgan fingerprint density at radius 1 is 1.13 bits per heavy atom. The first kappa shape index (κ1) is 28.5. The van der Waals surface area contributed by atoms with Gasteiger partial charge in [0.05, 0.1) is 25.8 Å². The highest BCUT2D eigenvalue weighted by Gasteiger charge is 2.40. The first-order valence-electron chi connectivity index (χ1n) is 12.9. The van der Waals surface area contributed by atoms with Gasteiger partial charge in [0.2, 0.25) is 5.88 Å². The molecule has 0 unspecified atom stereocenters. The zero-order valence-electron chi connectivity index (χ0n) is 23.2. The molecule has 1 N–H and O–H groups in total. The highest BCUT2D eigenvalue weighted by Crippen LogP contribution is 2.45. The number of carbonyl (C=O) groups is 1.